The van der Waals surface area contributed by atoms with Crippen LogP contribution in [0, 0.1) is 0 Å². The summed E-state index contributed by atoms with van der Waals surface area (Å²) in [5.74, 6) is 0.313. The van der Waals surface area contributed by atoms with Crippen LogP contribution < -0.4 is 20.1 Å². The Morgan fingerprint density at radius 1 is 1.13 bits per heavy atom. The Bertz CT molecular complexity index is 1120. The van der Waals surface area contributed by atoms with Crippen LogP contribution >= 0.6 is 22.7 Å². The summed E-state index contributed by atoms with van der Waals surface area (Å²) >= 11 is 3.01. The lowest BCUT2D eigenvalue weighted by atomic mass is 9.94. The van der Waals surface area contributed by atoms with Gasteiger partial charge in [0, 0.05) is 4.88 Å². The van der Waals surface area contributed by atoms with Crippen molar-refractivity contribution in [1.29, 1.82) is 0 Å². The summed E-state index contributed by atoms with van der Waals surface area (Å²) in [5.41, 5.74) is 2.84. The first kappa shape index (κ1) is 19.1. The molecule has 5 rings (SSSR count). The van der Waals surface area contributed by atoms with E-state index in [4.69, 9.17) is 9.47 Å². The van der Waals surface area contributed by atoms with Gasteiger partial charge < -0.3 is 20.1 Å². The highest BCUT2D eigenvalue weighted by atomic mass is 32.1. The van der Waals surface area contributed by atoms with Crippen molar-refractivity contribution >= 4 is 39.6 Å². The van der Waals surface area contributed by atoms with Gasteiger partial charge in [-0.3, -0.25) is 4.79 Å². The zero-order valence-corrected chi connectivity index (χ0v) is 18.0. The van der Waals surface area contributed by atoms with Crippen LogP contribution in [0.5, 0.6) is 11.5 Å². The number of methoxy groups -OCH3 is 1. The number of ether oxygens (including phenoxy) is 2. The van der Waals surface area contributed by atoms with Crippen molar-refractivity contribution < 1.29 is 19.1 Å². The molecule has 3 aromatic rings. The average Bonchev–Trinajstić information content (AvgIpc) is 3.42. The molecule has 2 aliphatic rings. The molecule has 1 aliphatic heterocycles. The topological polar surface area (TPSA) is 76.7 Å². The second kappa shape index (κ2) is 7.77. The zero-order chi connectivity index (χ0) is 20.7. The van der Waals surface area contributed by atoms with Gasteiger partial charge in [0.25, 0.3) is 5.91 Å². The molecule has 0 fully saturated rings. The molecule has 3 heterocycles. The van der Waals surface area contributed by atoms with Gasteiger partial charge in [-0.1, -0.05) is 12.1 Å². The molecule has 0 saturated heterocycles. The number of carbonyl (C=O) groups is 2. The van der Waals surface area contributed by atoms with Crippen LogP contribution in [0.3, 0.4) is 0 Å². The lowest BCUT2D eigenvalue weighted by Crippen LogP contribution is -2.38. The second-order valence-electron chi connectivity index (χ2n) is 7.24. The van der Waals surface area contributed by atoms with Crippen LogP contribution in [-0.4, -0.2) is 19.0 Å². The third kappa shape index (κ3) is 3.36. The number of amides is 1. The van der Waals surface area contributed by atoms with E-state index in [1.807, 2.05) is 11.4 Å². The van der Waals surface area contributed by atoms with Gasteiger partial charge in [-0.25, -0.2) is 4.79 Å². The first-order chi connectivity index (χ1) is 14.6. The van der Waals surface area contributed by atoms with E-state index in [0.717, 1.165) is 35.4 Å². The molecule has 8 heteroatoms. The van der Waals surface area contributed by atoms with Gasteiger partial charge in [0.2, 0.25) is 0 Å². The summed E-state index contributed by atoms with van der Waals surface area (Å²) in [5, 5.41) is 9.27. The fourth-order valence-corrected chi connectivity index (χ4v) is 5.85. The highest BCUT2D eigenvalue weighted by Crippen LogP contribution is 2.42. The highest BCUT2D eigenvalue weighted by Gasteiger charge is 2.32. The van der Waals surface area contributed by atoms with E-state index in [2.05, 4.69) is 10.6 Å². The lowest BCUT2D eigenvalue weighted by molar-refractivity contribution is 0.0734. The van der Waals surface area contributed by atoms with Gasteiger partial charge in [-0.15, -0.1) is 22.7 Å². The minimum Gasteiger partial charge on any atom is -0.493 e. The Morgan fingerprint density at radius 2 is 2.00 bits per heavy atom. The van der Waals surface area contributed by atoms with Crippen molar-refractivity contribution in [2.75, 3.05) is 12.4 Å². The number of thiophene rings is 2. The summed E-state index contributed by atoms with van der Waals surface area (Å²) < 4.78 is 10.9. The maximum absolute atomic E-state index is 12.9. The molecule has 30 heavy (non-hydrogen) atoms. The lowest BCUT2D eigenvalue weighted by Gasteiger charge is -2.27. The average molecular weight is 441 g/mol. The Morgan fingerprint density at radius 3 is 2.80 bits per heavy atom. The summed E-state index contributed by atoms with van der Waals surface area (Å²) in [4.78, 5) is 27.0. The van der Waals surface area contributed by atoms with Gasteiger partial charge in [-0.05, 0) is 60.4 Å². The predicted octanol–water partition coefficient (Wildman–Crippen LogP) is 4.77. The van der Waals surface area contributed by atoms with Crippen molar-refractivity contribution in [2.24, 2.45) is 0 Å². The van der Waals surface area contributed by atoms with E-state index < -0.39 is 5.97 Å². The number of fused-ring (bicyclic) bond motifs is 3. The standard InChI is InChI=1S/C22H20N2O4S2/c1-27-15-11-12(8-9-14(15)28-22(26)17-7-4-10-29-17)19-23-20(25)18-13-5-2-3-6-16(13)30-21(18)24-19/h4,7-11,19,24H,2-3,5-6H2,1H3,(H,23,25). The van der Waals surface area contributed by atoms with Gasteiger partial charge in [0.05, 0.1) is 12.7 Å². The van der Waals surface area contributed by atoms with Crippen LogP contribution in [0.15, 0.2) is 35.7 Å². The molecule has 2 N–H and O–H groups in total. The first-order valence-electron chi connectivity index (χ1n) is 9.79. The van der Waals surface area contributed by atoms with Gasteiger partial charge in [-0.2, -0.15) is 0 Å². The van der Waals surface area contributed by atoms with Crippen LogP contribution in [0.1, 0.15) is 55.0 Å². The third-order valence-electron chi connectivity index (χ3n) is 5.40. The van der Waals surface area contributed by atoms with E-state index >= 15 is 0 Å². The second-order valence-corrected chi connectivity index (χ2v) is 9.30. The monoisotopic (exact) mass is 440 g/mol. The number of aryl methyl sites for hydroxylation is 1. The molecule has 0 radical (unpaired) electrons. The molecule has 1 aliphatic carbocycles. The zero-order valence-electron chi connectivity index (χ0n) is 16.3. The van der Waals surface area contributed by atoms with Crippen molar-refractivity contribution in [2.45, 2.75) is 31.8 Å². The molecule has 6 nitrogen and oxygen atoms in total. The fraction of sp³-hybridized carbons (Fsp3) is 0.273. The predicted molar refractivity (Wildman–Crippen MR) is 117 cm³/mol. The molecule has 1 unspecified atom stereocenters. The van der Waals surface area contributed by atoms with E-state index in [0.29, 0.717) is 16.4 Å². The molecule has 1 amide bonds. The maximum atomic E-state index is 12.9. The quantitative estimate of drug-likeness (QED) is 0.451. The van der Waals surface area contributed by atoms with Crippen LogP contribution in [-0.2, 0) is 12.8 Å². The number of carbonyl (C=O) groups excluding carboxylic acids is 2. The summed E-state index contributed by atoms with van der Waals surface area (Å²) in [6.07, 6.45) is 3.96. The Balaban J connectivity index is 1.40. The number of esters is 1. The molecule has 154 valence electrons. The van der Waals surface area contributed by atoms with Crippen LogP contribution in [0.25, 0.3) is 0 Å². The number of hydrogen-bond donors (Lipinski definition) is 2. The minimum atomic E-state index is -0.422. The number of hydrogen-bond acceptors (Lipinski definition) is 7. The molecular weight excluding hydrogens is 420 g/mol. The van der Waals surface area contributed by atoms with Crippen molar-refractivity contribution in [3.05, 3.63) is 62.2 Å². The normalized spacial score (nSPS) is 17.4. The number of nitrogens with one attached hydrogen (secondary N) is 2. The maximum Gasteiger partial charge on any atom is 0.353 e. The highest BCUT2D eigenvalue weighted by molar-refractivity contribution is 7.16. The Kier molecular flexibility index (Phi) is 4.96. The number of rotatable bonds is 4. The molecular formula is C22H20N2O4S2. The van der Waals surface area contributed by atoms with Crippen molar-refractivity contribution in [3.8, 4) is 11.5 Å². The van der Waals surface area contributed by atoms with Crippen molar-refractivity contribution in [1.82, 2.24) is 5.32 Å². The third-order valence-corrected chi connectivity index (χ3v) is 7.47. The largest absolute Gasteiger partial charge is 0.493 e. The van der Waals surface area contributed by atoms with Crippen LogP contribution in [0.2, 0.25) is 0 Å². The van der Waals surface area contributed by atoms with Gasteiger partial charge in [0.15, 0.2) is 11.5 Å². The summed E-state index contributed by atoms with van der Waals surface area (Å²) in [6, 6.07) is 8.83. The van der Waals surface area contributed by atoms with E-state index in [9.17, 15) is 9.59 Å². The molecule has 0 bridgehead atoms. The molecule has 0 spiro atoms. The van der Waals surface area contributed by atoms with E-state index in [1.54, 1.807) is 35.6 Å². The summed E-state index contributed by atoms with van der Waals surface area (Å²) in [7, 11) is 1.53. The molecule has 2 aromatic heterocycles. The first-order valence-corrected chi connectivity index (χ1v) is 11.5. The van der Waals surface area contributed by atoms with E-state index in [1.165, 1.54) is 35.3 Å². The van der Waals surface area contributed by atoms with Gasteiger partial charge in [0.1, 0.15) is 16.0 Å². The SMILES string of the molecule is COc1cc(C2NC(=O)c3c(sc4c3CCCC4)N2)ccc1OC(=O)c1cccs1. The minimum absolute atomic E-state index is 0.0414. The molecule has 1 atom stereocenters. The van der Waals surface area contributed by atoms with Gasteiger partial charge >= 0.3 is 5.97 Å². The smallest absolute Gasteiger partial charge is 0.353 e. The van der Waals surface area contributed by atoms with E-state index in [-0.39, 0.29) is 12.1 Å². The Hall–Kier alpha value is -2.84. The van der Waals surface area contributed by atoms with Crippen LogP contribution in [0.4, 0.5) is 5.00 Å². The summed E-state index contributed by atoms with van der Waals surface area (Å²) in [6.45, 7) is 0. The number of anilines is 1. The fourth-order valence-electron chi connectivity index (χ4n) is 3.94. The molecule has 0 saturated carbocycles. The number of benzene rings is 1. The van der Waals surface area contributed by atoms with Crippen molar-refractivity contribution in [3.63, 3.8) is 0 Å². The Labute approximate surface area is 181 Å². The molecule has 1 aromatic carbocycles.